The molecular weight excluding hydrogens is 252 g/mol. The summed E-state index contributed by atoms with van der Waals surface area (Å²) in [7, 11) is -1.12. The van der Waals surface area contributed by atoms with Gasteiger partial charge in [0, 0.05) is 5.56 Å². The Morgan fingerprint density at radius 3 is 2.11 bits per heavy atom. The third kappa shape index (κ3) is 3.22. The Hall–Kier alpha value is -1.64. The number of hydrogen-bond donors (Lipinski definition) is 0. The summed E-state index contributed by atoms with van der Waals surface area (Å²) in [6.07, 6.45) is 0. The molecule has 0 N–H and O–H groups in total. The minimum absolute atomic E-state index is 0.867. The number of benzene rings is 1. The monoisotopic (exact) mass is 270 g/mol. The Balaban J connectivity index is 2.77. The molecule has 1 heterocycles. The summed E-state index contributed by atoms with van der Waals surface area (Å²) in [4.78, 5) is 0.867. The lowest BCUT2D eigenvalue weighted by Gasteiger charge is -2.09. The molecule has 2 rings (SSSR count). The first-order valence-electron chi connectivity index (χ1n) is 6.30. The summed E-state index contributed by atoms with van der Waals surface area (Å²) in [5.41, 5.74) is 4.68. The second-order valence-electron chi connectivity index (χ2n) is 4.70. The summed E-state index contributed by atoms with van der Waals surface area (Å²) in [6.45, 7) is 6.24. The standard InChI is InChI=1S/C17H18OS/c1-13-11-14(2)17(15(3)12-13)16-9-7-5-4-6-8-10-19(16)18/h4-12H,1-3H3. The molecule has 98 valence electrons. The van der Waals surface area contributed by atoms with E-state index in [9.17, 15) is 4.55 Å². The molecule has 0 saturated heterocycles. The van der Waals surface area contributed by atoms with Crippen molar-refractivity contribution < 1.29 is 4.55 Å². The van der Waals surface area contributed by atoms with Gasteiger partial charge in [0.1, 0.15) is 5.38 Å². The highest BCUT2D eigenvalue weighted by Gasteiger charge is 2.12. The summed E-state index contributed by atoms with van der Waals surface area (Å²) < 4.78 is 12.4. The predicted molar refractivity (Wildman–Crippen MR) is 82.4 cm³/mol. The number of rotatable bonds is 1. The topological polar surface area (TPSA) is 23.1 Å². The molecule has 1 atom stereocenters. The minimum atomic E-state index is -1.12. The normalized spacial score (nSPS) is 11.1. The summed E-state index contributed by atoms with van der Waals surface area (Å²) in [5, 5.41) is 1.73. The zero-order valence-corrected chi connectivity index (χ0v) is 12.3. The van der Waals surface area contributed by atoms with E-state index in [4.69, 9.17) is 0 Å². The highest BCUT2D eigenvalue weighted by molar-refractivity contribution is 7.26. The van der Waals surface area contributed by atoms with Crippen LogP contribution in [0.2, 0.25) is 0 Å². The highest BCUT2D eigenvalue weighted by Crippen LogP contribution is 2.34. The van der Waals surface area contributed by atoms with Crippen molar-refractivity contribution >= 4 is 10.8 Å². The van der Waals surface area contributed by atoms with Crippen LogP contribution in [-0.4, -0.2) is 4.55 Å². The molecule has 2 heteroatoms. The van der Waals surface area contributed by atoms with Crippen LogP contribution >= 0.6 is 10.8 Å². The van der Waals surface area contributed by atoms with Crippen LogP contribution in [0.3, 0.4) is 0 Å². The predicted octanol–water partition coefficient (Wildman–Crippen LogP) is 5.13. The van der Waals surface area contributed by atoms with Gasteiger partial charge in [-0.1, -0.05) is 42.0 Å². The van der Waals surface area contributed by atoms with Gasteiger partial charge in [-0.05, 0) is 54.8 Å². The molecule has 0 aliphatic rings. The fraction of sp³-hybridized carbons (Fsp3) is 0.176. The van der Waals surface area contributed by atoms with Crippen molar-refractivity contribution in [2.45, 2.75) is 20.8 Å². The van der Waals surface area contributed by atoms with E-state index in [0.29, 0.717) is 0 Å². The Kier molecular flexibility index (Phi) is 4.35. The Morgan fingerprint density at radius 1 is 0.842 bits per heavy atom. The van der Waals surface area contributed by atoms with Crippen molar-refractivity contribution in [2.75, 3.05) is 0 Å². The molecule has 1 nitrogen and oxygen atoms in total. The number of hydrogen-bond acceptors (Lipinski definition) is 1. The third-order valence-corrected chi connectivity index (χ3v) is 4.21. The fourth-order valence-corrected chi connectivity index (χ4v) is 3.46. The first-order valence-corrected chi connectivity index (χ1v) is 7.51. The summed E-state index contributed by atoms with van der Waals surface area (Å²) in [6, 6.07) is 15.8. The first-order chi connectivity index (χ1) is 9.09. The van der Waals surface area contributed by atoms with Gasteiger partial charge < -0.3 is 4.55 Å². The third-order valence-electron chi connectivity index (χ3n) is 3.03. The maximum Gasteiger partial charge on any atom is 0.179 e. The number of aryl methyl sites for hydroxylation is 3. The smallest absolute Gasteiger partial charge is 0.179 e. The van der Waals surface area contributed by atoms with E-state index < -0.39 is 10.8 Å². The molecule has 1 aromatic carbocycles. The quantitative estimate of drug-likeness (QED) is 0.659. The van der Waals surface area contributed by atoms with Crippen molar-refractivity contribution in [3.63, 3.8) is 0 Å². The van der Waals surface area contributed by atoms with E-state index in [0.717, 1.165) is 10.4 Å². The van der Waals surface area contributed by atoms with E-state index >= 15 is 0 Å². The average molecular weight is 270 g/mol. The van der Waals surface area contributed by atoms with Gasteiger partial charge in [-0.2, -0.15) is 0 Å². The molecule has 0 spiro atoms. The zero-order valence-electron chi connectivity index (χ0n) is 11.5. The van der Waals surface area contributed by atoms with E-state index in [1.165, 1.54) is 16.7 Å². The van der Waals surface area contributed by atoms with E-state index in [1.54, 1.807) is 5.38 Å². The van der Waals surface area contributed by atoms with Crippen molar-refractivity contribution in [1.29, 1.82) is 0 Å². The molecule has 19 heavy (non-hydrogen) atoms. The lowest BCUT2D eigenvalue weighted by Crippen LogP contribution is -1.89. The van der Waals surface area contributed by atoms with Gasteiger partial charge in [-0.3, -0.25) is 0 Å². The average Bonchev–Trinajstić information content (AvgIpc) is 2.42. The Labute approximate surface area is 117 Å². The molecule has 0 radical (unpaired) electrons. The Bertz CT molecular complexity index is 616. The van der Waals surface area contributed by atoms with E-state index in [1.807, 2.05) is 36.4 Å². The molecular formula is C17H18OS. The molecule has 0 saturated carbocycles. The van der Waals surface area contributed by atoms with Crippen LogP contribution < -0.4 is 0 Å². The van der Waals surface area contributed by atoms with E-state index in [-0.39, 0.29) is 0 Å². The molecule has 0 aliphatic heterocycles. The van der Waals surface area contributed by atoms with Gasteiger partial charge >= 0.3 is 0 Å². The zero-order chi connectivity index (χ0) is 13.8. The van der Waals surface area contributed by atoms with Crippen LogP contribution in [0.25, 0.3) is 10.4 Å². The van der Waals surface area contributed by atoms with Crippen LogP contribution in [0.5, 0.6) is 0 Å². The Morgan fingerprint density at radius 2 is 1.42 bits per heavy atom. The highest BCUT2D eigenvalue weighted by atomic mass is 32.2. The van der Waals surface area contributed by atoms with Crippen LogP contribution in [0.4, 0.5) is 0 Å². The first kappa shape index (κ1) is 13.8. The second-order valence-corrected chi connectivity index (χ2v) is 6.01. The van der Waals surface area contributed by atoms with Crippen LogP contribution in [0.1, 0.15) is 16.7 Å². The van der Waals surface area contributed by atoms with Crippen LogP contribution in [0, 0.1) is 20.8 Å². The second kappa shape index (κ2) is 6.00. The minimum Gasteiger partial charge on any atom is -0.590 e. The lowest BCUT2D eigenvalue weighted by molar-refractivity contribution is 0.598. The largest absolute Gasteiger partial charge is 0.590 e. The molecule has 0 amide bonds. The summed E-state index contributed by atoms with van der Waals surface area (Å²) in [5.74, 6) is 0. The summed E-state index contributed by atoms with van der Waals surface area (Å²) >= 11 is 0. The van der Waals surface area contributed by atoms with Crippen LogP contribution in [0.15, 0.2) is 53.9 Å². The maximum atomic E-state index is 12.4. The van der Waals surface area contributed by atoms with Gasteiger partial charge in [-0.25, -0.2) is 0 Å². The van der Waals surface area contributed by atoms with E-state index in [2.05, 4.69) is 32.9 Å². The van der Waals surface area contributed by atoms with Gasteiger partial charge in [0.05, 0.1) is 0 Å². The SMILES string of the molecule is Cc1cc(C)c(-c2ccccccc[s+]2[O-])c(C)c1. The molecule has 1 aromatic heterocycles. The molecule has 0 aliphatic carbocycles. The molecule has 1 unspecified atom stereocenters. The molecule has 0 bridgehead atoms. The lowest BCUT2D eigenvalue weighted by atomic mass is 9.99. The van der Waals surface area contributed by atoms with Crippen molar-refractivity contribution in [3.05, 3.63) is 70.6 Å². The van der Waals surface area contributed by atoms with Crippen molar-refractivity contribution in [3.8, 4) is 10.4 Å². The fourth-order valence-electron chi connectivity index (χ4n) is 2.35. The van der Waals surface area contributed by atoms with Gasteiger partial charge in [0.15, 0.2) is 4.88 Å². The molecule has 2 aromatic rings. The van der Waals surface area contributed by atoms with Gasteiger partial charge in [-0.15, -0.1) is 0 Å². The van der Waals surface area contributed by atoms with Gasteiger partial charge in [0.25, 0.3) is 0 Å². The van der Waals surface area contributed by atoms with Gasteiger partial charge in [0.2, 0.25) is 0 Å². The molecule has 0 fully saturated rings. The van der Waals surface area contributed by atoms with Crippen molar-refractivity contribution in [2.24, 2.45) is 0 Å². The maximum absolute atomic E-state index is 12.4. The van der Waals surface area contributed by atoms with Crippen LogP contribution in [-0.2, 0) is 0 Å². The van der Waals surface area contributed by atoms with Crippen molar-refractivity contribution in [1.82, 2.24) is 0 Å².